The van der Waals surface area contributed by atoms with Gasteiger partial charge in [-0.3, -0.25) is 9.36 Å². The van der Waals surface area contributed by atoms with E-state index in [0.29, 0.717) is 30.3 Å². The van der Waals surface area contributed by atoms with Crippen LogP contribution in [0.5, 0.6) is 11.5 Å². The quantitative estimate of drug-likeness (QED) is 0.721. The fourth-order valence-corrected chi connectivity index (χ4v) is 2.82. The Hall–Kier alpha value is -3.35. The lowest BCUT2D eigenvalue weighted by Crippen LogP contribution is -2.41. The number of amides is 1. The number of ether oxygens (including phenoxy) is 2. The van der Waals surface area contributed by atoms with Crippen LogP contribution in [0.2, 0.25) is 0 Å². The fraction of sp³-hybridized carbons (Fsp3) is 0.211. The van der Waals surface area contributed by atoms with Gasteiger partial charge in [0, 0.05) is 25.6 Å². The number of imidazole rings is 1. The number of nitrogens with zero attached hydrogens (tertiary/aromatic N) is 4. The number of benzene rings is 1. The molecule has 2 aromatic heterocycles. The van der Waals surface area contributed by atoms with Crippen LogP contribution in [0.25, 0.3) is 5.82 Å². The van der Waals surface area contributed by atoms with E-state index in [0.717, 1.165) is 5.75 Å². The van der Waals surface area contributed by atoms with Gasteiger partial charge >= 0.3 is 0 Å². The van der Waals surface area contributed by atoms with Gasteiger partial charge in [0.25, 0.3) is 5.91 Å². The van der Waals surface area contributed by atoms with Gasteiger partial charge in [0.2, 0.25) is 0 Å². The van der Waals surface area contributed by atoms with Gasteiger partial charge in [-0.2, -0.15) is 0 Å². The summed E-state index contributed by atoms with van der Waals surface area (Å²) in [6, 6.07) is 11.1. The molecule has 1 aromatic carbocycles. The van der Waals surface area contributed by atoms with Crippen molar-refractivity contribution in [2.24, 2.45) is 0 Å². The zero-order valence-electron chi connectivity index (χ0n) is 14.3. The Kier molecular flexibility index (Phi) is 4.27. The van der Waals surface area contributed by atoms with Crippen LogP contribution in [0.4, 0.5) is 0 Å². The molecule has 26 heavy (non-hydrogen) atoms. The molecule has 0 saturated carbocycles. The Bertz CT molecular complexity index is 893. The number of carbonyl (C=O) groups is 1. The van der Waals surface area contributed by atoms with Crippen molar-refractivity contribution in [2.75, 3.05) is 20.2 Å². The highest BCUT2D eigenvalue weighted by molar-refractivity contribution is 5.93. The van der Waals surface area contributed by atoms with Crippen molar-refractivity contribution in [3.8, 4) is 17.3 Å². The highest BCUT2D eigenvalue weighted by Gasteiger charge is 2.24. The summed E-state index contributed by atoms with van der Waals surface area (Å²) in [6.07, 6.45) is 6.50. The van der Waals surface area contributed by atoms with Crippen molar-refractivity contribution in [1.29, 1.82) is 0 Å². The van der Waals surface area contributed by atoms with Gasteiger partial charge in [-0.15, -0.1) is 0 Å². The lowest BCUT2D eigenvalue weighted by Gasteiger charge is -2.29. The molecule has 7 nitrogen and oxygen atoms in total. The van der Waals surface area contributed by atoms with E-state index >= 15 is 0 Å². The summed E-state index contributed by atoms with van der Waals surface area (Å²) >= 11 is 0. The molecule has 0 N–H and O–H groups in total. The third-order valence-corrected chi connectivity index (χ3v) is 4.16. The van der Waals surface area contributed by atoms with E-state index in [1.54, 1.807) is 53.6 Å². The first kappa shape index (κ1) is 16.1. The van der Waals surface area contributed by atoms with Crippen molar-refractivity contribution in [2.45, 2.75) is 6.10 Å². The Morgan fingerprint density at radius 3 is 2.85 bits per heavy atom. The van der Waals surface area contributed by atoms with Crippen LogP contribution in [0.1, 0.15) is 10.4 Å². The van der Waals surface area contributed by atoms with Crippen LogP contribution in [0, 0.1) is 0 Å². The summed E-state index contributed by atoms with van der Waals surface area (Å²) in [5, 5.41) is 0. The van der Waals surface area contributed by atoms with Gasteiger partial charge in [0.15, 0.2) is 17.6 Å². The number of carbonyl (C=O) groups excluding carboxylic acids is 1. The third-order valence-electron chi connectivity index (χ3n) is 4.16. The molecule has 0 saturated heterocycles. The van der Waals surface area contributed by atoms with Crippen LogP contribution in [-0.4, -0.2) is 51.6 Å². The molecular formula is C19H18N4O3. The third kappa shape index (κ3) is 3.23. The first-order valence-electron chi connectivity index (χ1n) is 8.29. The minimum Gasteiger partial charge on any atom is -0.486 e. The molecule has 4 rings (SSSR count). The zero-order valence-corrected chi connectivity index (χ0v) is 14.3. The largest absolute Gasteiger partial charge is 0.486 e. The van der Waals surface area contributed by atoms with E-state index < -0.39 is 0 Å². The Balaban J connectivity index is 1.40. The SMILES string of the molecule is CN(C[C@@H]1COc2ccccc2O1)C(=O)c1ccc(-n2ccnc2)nc1. The number of fused-ring (bicyclic) bond motifs is 1. The molecule has 0 aliphatic carbocycles. The van der Waals surface area contributed by atoms with Crippen LogP contribution in [0.15, 0.2) is 61.3 Å². The number of likely N-dealkylation sites (N-methyl/N-ethyl adjacent to an activating group) is 1. The second-order valence-electron chi connectivity index (χ2n) is 6.06. The predicted molar refractivity (Wildman–Crippen MR) is 94.7 cm³/mol. The zero-order chi connectivity index (χ0) is 17.9. The van der Waals surface area contributed by atoms with Gasteiger partial charge in [0.05, 0.1) is 12.1 Å². The number of hydrogen-bond acceptors (Lipinski definition) is 5. The van der Waals surface area contributed by atoms with Crippen molar-refractivity contribution < 1.29 is 14.3 Å². The van der Waals surface area contributed by atoms with Crippen molar-refractivity contribution >= 4 is 5.91 Å². The molecule has 1 atom stereocenters. The lowest BCUT2D eigenvalue weighted by molar-refractivity contribution is 0.0520. The van der Waals surface area contributed by atoms with Crippen LogP contribution < -0.4 is 9.47 Å². The first-order chi connectivity index (χ1) is 12.7. The van der Waals surface area contributed by atoms with E-state index in [-0.39, 0.29) is 12.0 Å². The normalized spacial score (nSPS) is 15.5. The molecule has 1 amide bonds. The summed E-state index contributed by atoms with van der Waals surface area (Å²) in [6.45, 7) is 0.836. The molecule has 0 bridgehead atoms. The molecule has 0 radical (unpaired) electrons. The molecule has 132 valence electrons. The molecule has 3 aromatic rings. The number of rotatable bonds is 4. The van der Waals surface area contributed by atoms with E-state index in [1.807, 2.05) is 24.3 Å². The van der Waals surface area contributed by atoms with Gasteiger partial charge in [-0.25, -0.2) is 9.97 Å². The minimum absolute atomic E-state index is 0.114. The molecule has 0 spiro atoms. The minimum atomic E-state index is -0.211. The van der Waals surface area contributed by atoms with Crippen molar-refractivity contribution in [3.63, 3.8) is 0 Å². The maximum Gasteiger partial charge on any atom is 0.255 e. The van der Waals surface area contributed by atoms with Crippen molar-refractivity contribution in [1.82, 2.24) is 19.4 Å². The lowest BCUT2D eigenvalue weighted by atomic mass is 10.2. The van der Waals surface area contributed by atoms with Crippen LogP contribution in [0.3, 0.4) is 0 Å². The van der Waals surface area contributed by atoms with E-state index in [1.165, 1.54) is 0 Å². The number of para-hydroxylation sites is 2. The molecule has 7 heteroatoms. The van der Waals surface area contributed by atoms with Crippen LogP contribution in [-0.2, 0) is 0 Å². The van der Waals surface area contributed by atoms with E-state index in [4.69, 9.17) is 9.47 Å². The van der Waals surface area contributed by atoms with E-state index in [9.17, 15) is 4.79 Å². The monoisotopic (exact) mass is 350 g/mol. The Morgan fingerprint density at radius 1 is 1.27 bits per heavy atom. The van der Waals surface area contributed by atoms with Gasteiger partial charge < -0.3 is 14.4 Å². The average molecular weight is 350 g/mol. The smallest absolute Gasteiger partial charge is 0.255 e. The molecule has 3 heterocycles. The maximum absolute atomic E-state index is 12.6. The molecule has 1 aliphatic rings. The topological polar surface area (TPSA) is 69.5 Å². The van der Waals surface area contributed by atoms with Gasteiger partial charge in [-0.05, 0) is 24.3 Å². The van der Waals surface area contributed by atoms with Gasteiger partial charge in [0.1, 0.15) is 18.8 Å². The number of aromatic nitrogens is 3. The predicted octanol–water partition coefficient (Wildman–Crippen LogP) is 2.18. The number of pyridine rings is 1. The number of hydrogen-bond donors (Lipinski definition) is 0. The van der Waals surface area contributed by atoms with Crippen LogP contribution >= 0.6 is 0 Å². The summed E-state index contributed by atoms with van der Waals surface area (Å²) in [7, 11) is 1.75. The molecule has 0 fully saturated rings. The average Bonchev–Trinajstić information content (AvgIpc) is 3.22. The standard InChI is InChI=1S/C19H18N4O3/c1-22(11-15-12-25-16-4-2-3-5-17(16)26-15)19(24)14-6-7-18(21-10-14)23-9-8-20-13-23/h2-10,13,15H,11-12H2,1H3/t15-/m1/s1. The Labute approximate surface area is 150 Å². The molecule has 0 unspecified atom stereocenters. The fourth-order valence-electron chi connectivity index (χ4n) is 2.82. The second kappa shape index (κ2) is 6.87. The Morgan fingerprint density at radius 2 is 2.12 bits per heavy atom. The highest BCUT2D eigenvalue weighted by atomic mass is 16.6. The molecular weight excluding hydrogens is 332 g/mol. The summed E-state index contributed by atoms with van der Waals surface area (Å²) in [4.78, 5) is 22.6. The highest BCUT2D eigenvalue weighted by Crippen LogP contribution is 2.31. The first-order valence-corrected chi connectivity index (χ1v) is 8.29. The van der Waals surface area contributed by atoms with Gasteiger partial charge in [-0.1, -0.05) is 12.1 Å². The summed E-state index contributed by atoms with van der Waals surface area (Å²) < 4.78 is 13.4. The van der Waals surface area contributed by atoms with Crippen molar-refractivity contribution in [3.05, 3.63) is 66.9 Å². The summed E-state index contributed by atoms with van der Waals surface area (Å²) in [5.41, 5.74) is 0.522. The summed E-state index contributed by atoms with van der Waals surface area (Å²) in [5.74, 6) is 2.03. The second-order valence-corrected chi connectivity index (χ2v) is 6.06. The molecule has 1 aliphatic heterocycles. The van der Waals surface area contributed by atoms with E-state index in [2.05, 4.69) is 9.97 Å². The maximum atomic E-state index is 12.6.